The second-order valence-corrected chi connectivity index (χ2v) is 6.09. The molecule has 1 fully saturated rings. The number of methoxy groups -OCH3 is 1. The van der Waals surface area contributed by atoms with Crippen molar-refractivity contribution in [3.8, 4) is 0 Å². The number of ether oxygens (including phenoxy) is 1. The molecule has 1 heterocycles. The molecule has 0 aromatic carbocycles. The molecule has 22 heavy (non-hydrogen) atoms. The van der Waals surface area contributed by atoms with Gasteiger partial charge in [0.1, 0.15) is 5.76 Å². The molecule has 122 valence electrons. The fourth-order valence-electron chi connectivity index (χ4n) is 3.14. The van der Waals surface area contributed by atoms with Crippen molar-refractivity contribution in [3.63, 3.8) is 0 Å². The van der Waals surface area contributed by atoms with E-state index in [1.807, 2.05) is 6.92 Å². The van der Waals surface area contributed by atoms with Gasteiger partial charge in [0, 0.05) is 12.1 Å². The third-order valence-electron chi connectivity index (χ3n) is 4.57. The van der Waals surface area contributed by atoms with Crippen LogP contribution in [0.25, 0.3) is 0 Å². The van der Waals surface area contributed by atoms with Gasteiger partial charge in [-0.2, -0.15) is 0 Å². The summed E-state index contributed by atoms with van der Waals surface area (Å²) >= 11 is 0. The van der Waals surface area contributed by atoms with Crippen molar-refractivity contribution < 1.29 is 18.8 Å². The predicted molar refractivity (Wildman–Crippen MR) is 80.2 cm³/mol. The zero-order chi connectivity index (χ0) is 16.2. The molecule has 1 aliphatic carbocycles. The summed E-state index contributed by atoms with van der Waals surface area (Å²) < 4.78 is 10.0. The lowest BCUT2D eigenvalue weighted by molar-refractivity contribution is -0.154. The summed E-state index contributed by atoms with van der Waals surface area (Å²) in [7, 11) is 1.41. The number of carbonyl (C=O) groups excluding carboxylic acids is 2. The first kappa shape index (κ1) is 16.5. The Kier molecular flexibility index (Phi) is 5.21. The molecular weight excluding hydrogens is 284 g/mol. The van der Waals surface area contributed by atoms with Gasteiger partial charge in [0.05, 0.1) is 24.6 Å². The Morgan fingerprint density at radius 2 is 1.95 bits per heavy atom. The second kappa shape index (κ2) is 6.94. The van der Waals surface area contributed by atoms with Crippen LogP contribution in [0.2, 0.25) is 0 Å². The Balaban J connectivity index is 1.97. The van der Waals surface area contributed by atoms with Gasteiger partial charge in [0.25, 0.3) is 0 Å². The van der Waals surface area contributed by atoms with Crippen molar-refractivity contribution in [1.29, 1.82) is 0 Å². The van der Waals surface area contributed by atoms with Gasteiger partial charge in [-0.05, 0) is 26.7 Å². The molecule has 6 heteroatoms. The van der Waals surface area contributed by atoms with Crippen LogP contribution in [0.4, 0.5) is 0 Å². The van der Waals surface area contributed by atoms with Crippen molar-refractivity contribution in [2.75, 3.05) is 13.7 Å². The van der Waals surface area contributed by atoms with Gasteiger partial charge in [-0.25, -0.2) is 0 Å². The van der Waals surface area contributed by atoms with Crippen LogP contribution in [0.1, 0.15) is 49.1 Å². The third-order valence-corrected chi connectivity index (χ3v) is 4.57. The number of hydrogen-bond acceptors (Lipinski definition) is 5. The number of nitrogens with one attached hydrogen (secondary N) is 1. The van der Waals surface area contributed by atoms with Crippen LogP contribution in [0.15, 0.2) is 4.52 Å². The summed E-state index contributed by atoms with van der Waals surface area (Å²) in [6, 6.07) is 0. The summed E-state index contributed by atoms with van der Waals surface area (Å²) in [6.45, 7) is 3.94. The summed E-state index contributed by atoms with van der Waals surface area (Å²) in [4.78, 5) is 24.3. The van der Waals surface area contributed by atoms with E-state index >= 15 is 0 Å². The first-order valence-corrected chi connectivity index (χ1v) is 7.75. The molecule has 0 aliphatic heterocycles. The molecule has 1 N–H and O–H groups in total. The first-order chi connectivity index (χ1) is 10.5. The number of nitrogens with zero attached hydrogens (tertiary/aromatic N) is 1. The molecule has 1 amide bonds. The highest BCUT2D eigenvalue weighted by molar-refractivity contribution is 5.81. The SMILES string of the molecule is COC(=O)C1(CNC(=O)Cc2c(C)noc2C)CCCCC1. The molecule has 0 spiro atoms. The lowest BCUT2D eigenvalue weighted by Gasteiger charge is -2.34. The van der Waals surface area contributed by atoms with E-state index in [-0.39, 0.29) is 18.3 Å². The predicted octanol–water partition coefficient (Wildman–Crippen LogP) is 2.07. The highest BCUT2D eigenvalue weighted by atomic mass is 16.5. The summed E-state index contributed by atoms with van der Waals surface area (Å²) in [5.74, 6) is 0.320. The average molecular weight is 308 g/mol. The van der Waals surface area contributed by atoms with E-state index in [0.29, 0.717) is 12.3 Å². The van der Waals surface area contributed by atoms with Crippen molar-refractivity contribution in [2.45, 2.75) is 52.4 Å². The van der Waals surface area contributed by atoms with Crippen LogP contribution in [-0.2, 0) is 20.7 Å². The second-order valence-electron chi connectivity index (χ2n) is 6.09. The summed E-state index contributed by atoms with van der Waals surface area (Å²) in [5, 5.41) is 6.74. The van der Waals surface area contributed by atoms with E-state index in [0.717, 1.165) is 43.4 Å². The highest BCUT2D eigenvalue weighted by Crippen LogP contribution is 2.36. The standard InChI is InChI=1S/C16H24N2O4/c1-11-13(12(2)22-18-11)9-14(19)17-10-16(15(20)21-3)7-5-4-6-8-16/h4-10H2,1-3H3,(H,17,19). The zero-order valence-electron chi connectivity index (χ0n) is 13.5. The number of esters is 1. The van der Waals surface area contributed by atoms with Crippen molar-refractivity contribution >= 4 is 11.9 Å². The quantitative estimate of drug-likeness (QED) is 0.842. The molecule has 0 saturated heterocycles. The fraction of sp³-hybridized carbons (Fsp3) is 0.688. The Morgan fingerprint density at radius 1 is 1.27 bits per heavy atom. The van der Waals surface area contributed by atoms with Gasteiger partial charge in [0.15, 0.2) is 0 Å². The van der Waals surface area contributed by atoms with Gasteiger partial charge < -0.3 is 14.6 Å². The normalized spacial score (nSPS) is 17.0. The van der Waals surface area contributed by atoms with Crippen LogP contribution in [0.3, 0.4) is 0 Å². The Morgan fingerprint density at radius 3 is 2.50 bits per heavy atom. The van der Waals surface area contributed by atoms with E-state index in [2.05, 4.69) is 10.5 Å². The highest BCUT2D eigenvalue weighted by Gasteiger charge is 2.40. The van der Waals surface area contributed by atoms with Gasteiger partial charge in [0.2, 0.25) is 5.91 Å². The zero-order valence-corrected chi connectivity index (χ0v) is 13.5. The Bertz CT molecular complexity index is 525. The van der Waals surface area contributed by atoms with Crippen LogP contribution >= 0.6 is 0 Å². The maximum absolute atomic E-state index is 12.2. The molecule has 0 bridgehead atoms. The number of hydrogen-bond donors (Lipinski definition) is 1. The molecule has 0 radical (unpaired) electrons. The third kappa shape index (κ3) is 3.48. The van der Waals surface area contributed by atoms with Crippen LogP contribution in [-0.4, -0.2) is 30.7 Å². The van der Waals surface area contributed by atoms with Crippen LogP contribution < -0.4 is 5.32 Å². The average Bonchev–Trinajstić information content (AvgIpc) is 2.85. The topological polar surface area (TPSA) is 81.4 Å². The van der Waals surface area contributed by atoms with Crippen LogP contribution in [0, 0.1) is 19.3 Å². The van der Waals surface area contributed by atoms with E-state index in [1.54, 1.807) is 6.92 Å². The number of aryl methyl sites for hydroxylation is 2. The van der Waals surface area contributed by atoms with Gasteiger partial charge in [-0.15, -0.1) is 0 Å². The fourth-order valence-corrected chi connectivity index (χ4v) is 3.14. The van der Waals surface area contributed by atoms with E-state index in [1.165, 1.54) is 7.11 Å². The lowest BCUT2D eigenvalue weighted by Crippen LogP contribution is -2.45. The maximum atomic E-state index is 12.2. The first-order valence-electron chi connectivity index (χ1n) is 7.75. The maximum Gasteiger partial charge on any atom is 0.313 e. The minimum Gasteiger partial charge on any atom is -0.469 e. The molecule has 1 saturated carbocycles. The molecule has 1 aliphatic rings. The Hall–Kier alpha value is -1.85. The number of amides is 1. The largest absolute Gasteiger partial charge is 0.469 e. The van der Waals surface area contributed by atoms with Crippen molar-refractivity contribution in [1.82, 2.24) is 10.5 Å². The lowest BCUT2D eigenvalue weighted by atomic mass is 9.74. The molecule has 0 unspecified atom stereocenters. The molecule has 1 aromatic rings. The molecule has 0 atom stereocenters. The van der Waals surface area contributed by atoms with Crippen molar-refractivity contribution in [2.24, 2.45) is 5.41 Å². The number of rotatable bonds is 5. The summed E-state index contributed by atoms with van der Waals surface area (Å²) in [6.07, 6.45) is 4.88. The van der Waals surface area contributed by atoms with Crippen LogP contribution in [0.5, 0.6) is 0 Å². The van der Waals surface area contributed by atoms with Gasteiger partial charge >= 0.3 is 5.97 Å². The minimum absolute atomic E-state index is 0.122. The van der Waals surface area contributed by atoms with E-state index in [9.17, 15) is 9.59 Å². The van der Waals surface area contributed by atoms with E-state index in [4.69, 9.17) is 9.26 Å². The molecule has 2 rings (SSSR count). The molecule has 6 nitrogen and oxygen atoms in total. The van der Waals surface area contributed by atoms with Gasteiger partial charge in [-0.1, -0.05) is 24.4 Å². The monoisotopic (exact) mass is 308 g/mol. The number of carbonyl (C=O) groups is 2. The minimum atomic E-state index is -0.568. The smallest absolute Gasteiger partial charge is 0.313 e. The molecular formula is C16H24N2O4. The summed E-state index contributed by atoms with van der Waals surface area (Å²) in [5.41, 5.74) is 0.975. The van der Waals surface area contributed by atoms with Crippen molar-refractivity contribution in [3.05, 3.63) is 17.0 Å². The van der Waals surface area contributed by atoms with E-state index < -0.39 is 5.41 Å². The molecule has 1 aromatic heterocycles. The Labute approximate surface area is 130 Å². The van der Waals surface area contributed by atoms with Gasteiger partial charge in [-0.3, -0.25) is 9.59 Å². The number of aromatic nitrogens is 1.